The second-order valence-electron chi connectivity index (χ2n) is 2.41. The van der Waals surface area contributed by atoms with Crippen molar-refractivity contribution < 1.29 is 9.72 Å². The summed E-state index contributed by atoms with van der Waals surface area (Å²) in [7, 11) is 0. The number of nitrogens with two attached hydrogens (primary N) is 1. The second kappa shape index (κ2) is 3.18. The van der Waals surface area contributed by atoms with Crippen LogP contribution in [0.2, 0.25) is 0 Å². The molecule has 0 fully saturated rings. The highest BCUT2D eigenvalue weighted by atomic mass is 16.6. The summed E-state index contributed by atoms with van der Waals surface area (Å²) in [5, 5.41) is 10.3. The van der Waals surface area contributed by atoms with Crippen LogP contribution in [-0.2, 0) is 0 Å². The van der Waals surface area contributed by atoms with E-state index in [4.69, 9.17) is 5.73 Å². The Morgan fingerprint density at radius 1 is 1.69 bits per heavy atom. The van der Waals surface area contributed by atoms with Crippen molar-refractivity contribution >= 4 is 17.3 Å². The first-order valence-corrected chi connectivity index (χ1v) is 3.44. The number of aromatic nitrogens is 1. The Morgan fingerprint density at radius 3 is 2.77 bits per heavy atom. The monoisotopic (exact) mass is 181 g/mol. The van der Waals surface area contributed by atoms with Crippen molar-refractivity contribution in [2.75, 3.05) is 5.73 Å². The average molecular weight is 181 g/mol. The van der Waals surface area contributed by atoms with Crippen LogP contribution in [0.1, 0.15) is 17.3 Å². The molecular weight excluding hydrogens is 174 g/mol. The number of nitro groups is 1. The summed E-state index contributed by atoms with van der Waals surface area (Å²) < 4.78 is 0. The molecule has 0 aromatic carbocycles. The molecule has 6 heteroatoms. The molecule has 0 atom stereocenters. The Kier molecular flexibility index (Phi) is 2.23. The van der Waals surface area contributed by atoms with Gasteiger partial charge in [-0.15, -0.1) is 0 Å². The average Bonchev–Trinajstić information content (AvgIpc) is 2.03. The fraction of sp³-hybridized carbons (Fsp3) is 0.143. The predicted molar refractivity (Wildman–Crippen MR) is 45.3 cm³/mol. The van der Waals surface area contributed by atoms with Gasteiger partial charge in [0.15, 0.2) is 5.78 Å². The van der Waals surface area contributed by atoms with Gasteiger partial charge in [0.05, 0.1) is 5.56 Å². The summed E-state index contributed by atoms with van der Waals surface area (Å²) in [5.41, 5.74) is 5.31. The number of rotatable bonds is 2. The number of carbonyl (C=O) groups excluding carboxylic acids is 1. The zero-order valence-corrected chi connectivity index (χ0v) is 6.85. The second-order valence-corrected chi connectivity index (χ2v) is 2.41. The molecule has 0 aliphatic carbocycles. The molecule has 13 heavy (non-hydrogen) atoms. The van der Waals surface area contributed by atoms with Gasteiger partial charge in [-0.05, 0) is 22.9 Å². The third-order valence-electron chi connectivity index (χ3n) is 1.52. The van der Waals surface area contributed by atoms with Gasteiger partial charge in [-0.3, -0.25) is 4.79 Å². The quantitative estimate of drug-likeness (QED) is 0.412. The maximum atomic E-state index is 10.9. The number of nitrogens with zero attached hydrogens (tertiary/aromatic N) is 2. The molecule has 0 radical (unpaired) electrons. The molecule has 0 saturated carbocycles. The highest BCUT2D eigenvalue weighted by Gasteiger charge is 2.17. The first kappa shape index (κ1) is 9.11. The van der Waals surface area contributed by atoms with E-state index in [9.17, 15) is 14.9 Å². The van der Waals surface area contributed by atoms with Gasteiger partial charge in [0.25, 0.3) is 0 Å². The van der Waals surface area contributed by atoms with Gasteiger partial charge >= 0.3 is 5.82 Å². The third-order valence-corrected chi connectivity index (χ3v) is 1.52. The fourth-order valence-electron chi connectivity index (χ4n) is 0.915. The Labute approximate surface area is 73.5 Å². The molecule has 1 aromatic heterocycles. The summed E-state index contributed by atoms with van der Waals surface area (Å²) in [6.07, 6.45) is 1.19. The molecule has 0 spiro atoms. The van der Waals surface area contributed by atoms with Crippen molar-refractivity contribution in [2.24, 2.45) is 0 Å². The Hall–Kier alpha value is -1.98. The number of Topliss-reactive ketones (excluding diaryl/α,β-unsaturated/α-hetero) is 1. The lowest BCUT2D eigenvalue weighted by Gasteiger charge is -2.00. The van der Waals surface area contributed by atoms with Crippen molar-refractivity contribution in [1.29, 1.82) is 0 Å². The SMILES string of the molecule is CC(=O)c1ccnc([N+](=O)[O-])c1N. The van der Waals surface area contributed by atoms with E-state index in [1.165, 1.54) is 19.2 Å². The Balaban J connectivity index is 3.35. The van der Waals surface area contributed by atoms with Crippen LogP contribution in [0.15, 0.2) is 12.3 Å². The molecule has 0 amide bonds. The van der Waals surface area contributed by atoms with Crippen LogP contribution in [0.25, 0.3) is 0 Å². The molecule has 1 aromatic rings. The number of ketones is 1. The van der Waals surface area contributed by atoms with Crippen molar-refractivity contribution in [3.8, 4) is 0 Å². The zero-order chi connectivity index (χ0) is 10.0. The van der Waals surface area contributed by atoms with Crippen molar-refractivity contribution in [1.82, 2.24) is 4.98 Å². The minimum Gasteiger partial charge on any atom is -0.391 e. The van der Waals surface area contributed by atoms with Gasteiger partial charge in [-0.25, -0.2) is 0 Å². The summed E-state index contributed by atoms with van der Waals surface area (Å²) in [5.74, 6) is -0.796. The van der Waals surface area contributed by atoms with E-state index >= 15 is 0 Å². The minimum absolute atomic E-state index is 0.127. The van der Waals surface area contributed by atoms with Crippen LogP contribution >= 0.6 is 0 Å². The van der Waals surface area contributed by atoms with Gasteiger partial charge in [-0.2, -0.15) is 0 Å². The van der Waals surface area contributed by atoms with E-state index in [1.54, 1.807) is 0 Å². The van der Waals surface area contributed by atoms with Gasteiger partial charge in [-0.1, -0.05) is 0 Å². The number of anilines is 1. The molecule has 6 nitrogen and oxygen atoms in total. The third kappa shape index (κ3) is 1.61. The van der Waals surface area contributed by atoms with E-state index in [0.29, 0.717) is 0 Å². The predicted octanol–water partition coefficient (Wildman–Crippen LogP) is 0.775. The maximum absolute atomic E-state index is 10.9. The first-order chi connectivity index (χ1) is 6.04. The Bertz CT molecular complexity index is 343. The van der Waals surface area contributed by atoms with E-state index in [-0.39, 0.29) is 17.0 Å². The molecule has 0 aliphatic rings. The largest absolute Gasteiger partial charge is 0.391 e. The molecule has 0 unspecified atom stereocenters. The van der Waals surface area contributed by atoms with E-state index in [2.05, 4.69) is 4.98 Å². The molecule has 1 heterocycles. The lowest BCUT2D eigenvalue weighted by Crippen LogP contribution is -2.05. The number of carbonyl (C=O) groups is 1. The number of hydrogen-bond donors (Lipinski definition) is 1. The highest BCUT2D eigenvalue weighted by Crippen LogP contribution is 2.21. The van der Waals surface area contributed by atoms with Crippen molar-refractivity contribution in [2.45, 2.75) is 6.92 Å². The number of pyridine rings is 1. The number of nitrogen functional groups attached to an aromatic ring is 1. The van der Waals surface area contributed by atoms with Gasteiger partial charge in [0.1, 0.15) is 11.9 Å². The highest BCUT2D eigenvalue weighted by molar-refractivity contribution is 6.00. The molecular formula is C7H7N3O3. The van der Waals surface area contributed by atoms with Crippen LogP contribution < -0.4 is 5.73 Å². The summed E-state index contributed by atoms with van der Waals surface area (Å²) in [4.78, 5) is 24.0. The summed E-state index contributed by atoms with van der Waals surface area (Å²) in [6.45, 7) is 1.29. The maximum Gasteiger partial charge on any atom is 0.387 e. The van der Waals surface area contributed by atoms with Crippen LogP contribution in [-0.4, -0.2) is 15.7 Å². The lowest BCUT2D eigenvalue weighted by molar-refractivity contribution is -0.388. The molecule has 68 valence electrons. The summed E-state index contributed by atoms with van der Waals surface area (Å²) >= 11 is 0. The standard InChI is InChI=1S/C7H7N3O3/c1-4(11)5-2-3-9-7(6(5)8)10(12)13/h2-3H,8H2,1H3. The number of hydrogen-bond acceptors (Lipinski definition) is 5. The normalized spacial score (nSPS) is 9.62. The molecule has 0 bridgehead atoms. The van der Waals surface area contributed by atoms with Crippen LogP contribution in [0, 0.1) is 10.1 Å². The summed E-state index contributed by atoms with van der Waals surface area (Å²) in [6, 6.07) is 1.35. The van der Waals surface area contributed by atoms with E-state index in [0.717, 1.165) is 0 Å². The van der Waals surface area contributed by atoms with E-state index < -0.39 is 10.7 Å². The molecule has 0 saturated heterocycles. The van der Waals surface area contributed by atoms with Gasteiger partial charge in [0, 0.05) is 0 Å². The van der Waals surface area contributed by atoms with Gasteiger partial charge in [0.2, 0.25) is 0 Å². The van der Waals surface area contributed by atoms with E-state index in [1.807, 2.05) is 0 Å². The minimum atomic E-state index is -0.720. The van der Waals surface area contributed by atoms with Crippen molar-refractivity contribution in [3.63, 3.8) is 0 Å². The molecule has 1 rings (SSSR count). The van der Waals surface area contributed by atoms with Crippen LogP contribution in [0.3, 0.4) is 0 Å². The van der Waals surface area contributed by atoms with Crippen molar-refractivity contribution in [3.05, 3.63) is 27.9 Å². The smallest absolute Gasteiger partial charge is 0.387 e. The lowest BCUT2D eigenvalue weighted by atomic mass is 10.1. The zero-order valence-electron chi connectivity index (χ0n) is 6.85. The molecule has 0 aliphatic heterocycles. The van der Waals surface area contributed by atoms with Crippen LogP contribution in [0.4, 0.5) is 11.5 Å². The fourth-order valence-corrected chi connectivity index (χ4v) is 0.915. The molecule has 2 N–H and O–H groups in total. The topological polar surface area (TPSA) is 99.1 Å². The first-order valence-electron chi connectivity index (χ1n) is 3.44. The van der Waals surface area contributed by atoms with Gasteiger partial charge < -0.3 is 15.8 Å². The van der Waals surface area contributed by atoms with Crippen LogP contribution in [0.5, 0.6) is 0 Å². The Morgan fingerprint density at radius 2 is 2.31 bits per heavy atom.